The lowest BCUT2D eigenvalue weighted by atomic mass is 10.2. The van der Waals surface area contributed by atoms with Crippen LogP contribution >= 0.6 is 0 Å². The summed E-state index contributed by atoms with van der Waals surface area (Å²) in [5.74, 6) is 1.37. The molecule has 0 aliphatic heterocycles. The van der Waals surface area contributed by atoms with Crippen molar-refractivity contribution in [2.75, 3.05) is 21.3 Å². The fourth-order valence-electron chi connectivity index (χ4n) is 2.70. The van der Waals surface area contributed by atoms with Crippen molar-refractivity contribution in [1.29, 1.82) is 0 Å². The van der Waals surface area contributed by atoms with Gasteiger partial charge in [0, 0.05) is 18.9 Å². The summed E-state index contributed by atoms with van der Waals surface area (Å²) in [6, 6.07) is 11.7. The first kappa shape index (κ1) is 19.7. The SMILES string of the molecule is COc1cc(CNS(=O)(=O)c2ccc(-n3cccn3)cc2)cc(OC)c1OC. The standard InChI is InChI=1S/C19H21N3O5S/c1-25-17-11-14(12-18(26-2)19(17)27-3)13-21-28(23,24)16-7-5-15(6-8-16)22-10-4-9-20-22/h4-12,21H,13H2,1-3H3. The molecular formula is C19H21N3O5S. The summed E-state index contributed by atoms with van der Waals surface area (Å²) in [4.78, 5) is 0.163. The van der Waals surface area contributed by atoms with E-state index in [0.717, 1.165) is 5.69 Å². The number of benzene rings is 2. The summed E-state index contributed by atoms with van der Waals surface area (Å²) >= 11 is 0. The molecule has 0 aliphatic carbocycles. The predicted octanol–water partition coefficient (Wildman–Crippen LogP) is 2.38. The van der Waals surface area contributed by atoms with Crippen LogP contribution < -0.4 is 18.9 Å². The van der Waals surface area contributed by atoms with Crippen molar-refractivity contribution >= 4 is 10.0 Å². The third-order valence-corrected chi connectivity index (χ3v) is 5.52. The number of aromatic nitrogens is 2. The second kappa shape index (κ2) is 8.32. The van der Waals surface area contributed by atoms with Crippen LogP contribution in [0.1, 0.15) is 5.56 Å². The fraction of sp³-hybridized carbons (Fsp3) is 0.211. The summed E-state index contributed by atoms with van der Waals surface area (Å²) in [5, 5.41) is 4.12. The van der Waals surface area contributed by atoms with Gasteiger partial charge in [0.1, 0.15) is 0 Å². The van der Waals surface area contributed by atoms with Crippen LogP contribution in [0, 0.1) is 0 Å². The van der Waals surface area contributed by atoms with E-state index in [-0.39, 0.29) is 11.4 Å². The number of rotatable bonds is 8. The first-order valence-electron chi connectivity index (χ1n) is 8.37. The molecule has 3 aromatic rings. The van der Waals surface area contributed by atoms with Crippen molar-refractivity contribution in [3.8, 4) is 22.9 Å². The smallest absolute Gasteiger partial charge is 0.240 e. The van der Waals surface area contributed by atoms with E-state index >= 15 is 0 Å². The van der Waals surface area contributed by atoms with Gasteiger partial charge in [0.2, 0.25) is 15.8 Å². The molecule has 0 saturated carbocycles. The molecule has 8 nitrogen and oxygen atoms in total. The molecule has 0 saturated heterocycles. The van der Waals surface area contributed by atoms with Crippen molar-refractivity contribution in [2.24, 2.45) is 0 Å². The van der Waals surface area contributed by atoms with Crippen molar-refractivity contribution in [2.45, 2.75) is 11.4 Å². The summed E-state index contributed by atoms with van der Waals surface area (Å²) < 4.78 is 45.3. The highest BCUT2D eigenvalue weighted by Gasteiger charge is 2.17. The summed E-state index contributed by atoms with van der Waals surface area (Å²) in [5.41, 5.74) is 1.44. The van der Waals surface area contributed by atoms with Crippen molar-refractivity contribution < 1.29 is 22.6 Å². The summed E-state index contributed by atoms with van der Waals surface area (Å²) in [6.07, 6.45) is 3.44. The zero-order chi connectivity index (χ0) is 20.1. The number of methoxy groups -OCH3 is 3. The second-order valence-corrected chi connectivity index (χ2v) is 7.57. The van der Waals surface area contributed by atoms with Gasteiger partial charge in [0.15, 0.2) is 11.5 Å². The zero-order valence-corrected chi connectivity index (χ0v) is 16.6. The Bertz CT molecular complexity index is 1010. The predicted molar refractivity (Wildman–Crippen MR) is 104 cm³/mol. The van der Waals surface area contributed by atoms with E-state index in [9.17, 15) is 8.42 Å². The molecule has 0 spiro atoms. The van der Waals surface area contributed by atoms with Crippen LogP contribution in [0.4, 0.5) is 0 Å². The Hall–Kier alpha value is -3.04. The average Bonchev–Trinajstić information content (AvgIpc) is 3.26. The molecule has 1 heterocycles. The van der Waals surface area contributed by atoms with Gasteiger partial charge >= 0.3 is 0 Å². The molecule has 28 heavy (non-hydrogen) atoms. The maximum Gasteiger partial charge on any atom is 0.240 e. The van der Waals surface area contributed by atoms with E-state index in [0.29, 0.717) is 22.8 Å². The fourth-order valence-corrected chi connectivity index (χ4v) is 3.72. The first-order valence-corrected chi connectivity index (χ1v) is 9.85. The minimum absolute atomic E-state index is 0.0694. The van der Waals surface area contributed by atoms with Gasteiger partial charge in [-0.05, 0) is 48.0 Å². The lowest BCUT2D eigenvalue weighted by Crippen LogP contribution is -2.23. The average molecular weight is 403 g/mol. The highest BCUT2D eigenvalue weighted by atomic mass is 32.2. The molecule has 1 N–H and O–H groups in total. The Balaban J connectivity index is 1.78. The van der Waals surface area contributed by atoms with Crippen LogP contribution in [-0.4, -0.2) is 39.5 Å². The molecule has 3 rings (SSSR count). The molecule has 0 fully saturated rings. The Kier molecular flexibility index (Phi) is 5.86. The van der Waals surface area contributed by atoms with Gasteiger partial charge in [-0.2, -0.15) is 5.10 Å². The van der Waals surface area contributed by atoms with Gasteiger partial charge in [-0.25, -0.2) is 17.8 Å². The second-order valence-electron chi connectivity index (χ2n) is 5.80. The number of sulfonamides is 1. The number of nitrogens with one attached hydrogen (secondary N) is 1. The zero-order valence-electron chi connectivity index (χ0n) is 15.7. The van der Waals surface area contributed by atoms with E-state index in [2.05, 4.69) is 9.82 Å². The number of hydrogen-bond donors (Lipinski definition) is 1. The molecule has 0 amide bonds. The van der Waals surface area contributed by atoms with Crippen LogP contribution in [0.15, 0.2) is 59.8 Å². The maximum absolute atomic E-state index is 12.6. The van der Waals surface area contributed by atoms with Gasteiger partial charge in [0.05, 0.1) is 31.9 Å². The van der Waals surface area contributed by atoms with E-state index in [4.69, 9.17) is 14.2 Å². The van der Waals surface area contributed by atoms with Gasteiger partial charge in [-0.3, -0.25) is 0 Å². The quantitative estimate of drug-likeness (QED) is 0.621. The normalized spacial score (nSPS) is 11.2. The first-order chi connectivity index (χ1) is 13.5. The molecule has 0 aliphatic rings. The van der Waals surface area contributed by atoms with Crippen LogP contribution in [0.25, 0.3) is 5.69 Å². The maximum atomic E-state index is 12.6. The van der Waals surface area contributed by atoms with E-state index in [1.54, 1.807) is 47.4 Å². The van der Waals surface area contributed by atoms with E-state index in [1.165, 1.54) is 33.5 Å². The van der Waals surface area contributed by atoms with Crippen LogP contribution in [0.3, 0.4) is 0 Å². The summed E-state index contributed by atoms with van der Waals surface area (Å²) in [6.45, 7) is 0.0694. The number of hydrogen-bond acceptors (Lipinski definition) is 6. The van der Waals surface area contributed by atoms with Crippen LogP contribution in [0.5, 0.6) is 17.2 Å². The van der Waals surface area contributed by atoms with Gasteiger partial charge in [-0.1, -0.05) is 0 Å². The number of nitrogens with zero attached hydrogens (tertiary/aromatic N) is 2. The van der Waals surface area contributed by atoms with Crippen molar-refractivity contribution in [3.05, 3.63) is 60.4 Å². The lowest BCUT2D eigenvalue weighted by molar-refractivity contribution is 0.323. The monoisotopic (exact) mass is 403 g/mol. The highest BCUT2D eigenvalue weighted by molar-refractivity contribution is 7.89. The largest absolute Gasteiger partial charge is 0.493 e. The molecule has 0 unspecified atom stereocenters. The molecule has 0 bridgehead atoms. The Morgan fingerprint density at radius 3 is 2.14 bits per heavy atom. The van der Waals surface area contributed by atoms with E-state index < -0.39 is 10.0 Å². The molecule has 9 heteroatoms. The van der Waals surface area contributed by atoms with Crippen molar-refractivity contribution in [3.63, 3.8) is 0 Å². The molecule has 148 valence electrons. The molecule has 0 atom stereocenters. The van der Waals surface area contributed by atoms with Crippen LogP contribution in [-0.2, 0) is 16.6 Å². The molecule has 2 aromatic carbocycles. The Labute approximate surface area is 163 Å². The lowest BCUT2D eigenvalue weighted by Gasteiger charge is -2.14. The highest BCUT2D eigenvalue weighted by Crippen LogP contribution is 2.38. The molecule has 1 aromatic heterocycles. The third-order valence-electron chi connectivity index (χ3n) is 4.11. The molecule has 0 radical (unpaired) electrons. The minimum Gasteiger partial charge on any atom is -0.493 e. The Morgan fingerprint density at radius 1 is 1.00 bits per heavy atom. The summed E-state index contributed by atoms with van der Waals surface area (Å²) in [7, 11) is 0.831. The van der Waals surface area contributed by atoms with Gasteiger partial charge < -0.3 is 14.2 Å². The minimum atomic E-state index is -3.69. The van der Waals surface area contributed by atoms with Crippen LogP contribution in [0.2, 0.25) is 0 Å². The van der Waals surface area contributed by atoms with Gasteiger partial charge in [-0.15, -0.1) is 0 Å². The third kappa shape index (κ3) is 4.10. The molecular weight excluding hydrogens is 382 g/mol. The topological polar surface area (TPSA) is 91.7 Å². The number of ether oxygens (including phenoxy) is 3. The van der Waals surface area contributed by atoms with E-state index in [1.807, 2.05) is 0 Å². The van der Waals surface area contributed by atoms with Gasteiger partial charge in [0.25, 0.3) is 0 Å². The Morgan fingerprint density at radius 2 is 1.64 bits per heavy atom. The van der Waals surface area contributed by atoms with Crippen molar-refractivity contribution in [1.82, 2.24) is 14.5 Å².